The van der Waals surface area contributed by atoms with Crippen molar-refractivity contribution < 1.29 is 9.59 Å². The van der Waals surface area contributed by atoms with E-state index in [0.29, 0.717) is 15.2 Å². The maximum Gasteiger partial charge on any atom is 0.283 e. The molecule has 4 heterocycles. The van der Waals surface area contributed by atoms with Crippen molar-refractivity contribution in [2.24, 2.45) is 10.1 Å². The second-order valence-corrected chi connectivity index (χ2v) is 10.3. The van der Waals surface area contributed by atoms with Crippen LogP contribution in [0.2, 0.25) is 5.02 Å². The van der Waals surface area contributed by atoms with Crippen molar-refractivity contribution in [3.05, 3.63) is 57.4 Å². The van der Waals surface area contributed by atoms with Gasteiger partial charge in [-0.25, -0.2) is 0 Å². The van der Waals surface area contributed by atoms with Crippen LogP contribution in [0.4, 0.5) is 0 Å². The topological polar surface area (TPSA) is 94.1 Å². The van der Waals surface area contributed by atoms with E-state index in [-0.39, 0.29) is 23.7 Å². The molecule has 1 N–H and O–H groups in total. The van der Waals surface area contributed by atoms with Crippen LogP contribution in [0, 0.1) is 26.2 Å². The van der Waals surface area contributed by atoms with E-state index in [2.05, 4.69) is 14.7 Å². The van der Waals surface area contributed by atoms with Gasteiger partial charge >= 0.3 is 0 Å². The second kappa shape index (κ2) is 9.13. The van der Waals surface area contributed by atoms with Crippen LogP contribution in [0.15, 0.2) is 39.9 Å². The Labute approximate surface area is 212 Å². The van der Waals surface area contributed by atoms with E-state index < -0.39 is 5.91 Å². The van der Waals surface area contributed by atoms with E-state index >= 15 is 0 Å². The number of nitrogens with one attached hydrogen (secondary N) is 1. The van der Waals surface area contributed by atoms with Crippen LogP contribution < -0.4 is 0 Å². The number of carbonyl (C=O) groups is 2. The lowest BCUT2D eigenvalue weighted by molar-refractivity contribution is -0.128. The number of thioether (sulfide) groups is 1. The molecule has 10 heteroatoms. The first-order chi connectivity index (χ1) is 16.7. The SMILES string of the molecule is Cc1ccc(Cl)cc1-n1c(C)cc(/C=C2\C(=N)N3N=C(CC(=O)N4CCCC4)SC3=NC2=O)c1C. The molecule has 0 unspecified atom stereocenters. The third-order valence-corrected chi connectivity index (χ3v) is 7.58. The quantitative estimate of drug-likeness (QED) is 0.606. The lowest BCUT2D eigenvalue weighted by Gasteiger charge is -2.20. The number of aliphatic imine (C=N–C) groups is 1. The summed E-state index contributed by atoms with van der Waals surface area (Å²) in [5, 5.41) is 16.0. The van der Waals surface area contributed by atoms with E-state index in [9.17, 15) is 9.59 Å². The Morgan fingerprint density at radius 1 is 1.20 bits per heavy atom. The maximum absolute atomic E-state index is 12.9. The Kier molecular flexibility index (Phi) is 6.14. The lowest BCUT2D eigenvalue weighted by atomic mass is 10.1. The average molecular weight is 509 g/mol. The number of hydrazone groups is 1. The molecule has 8 nitrogen and oxygen atoms in total. The van der Waals surface area contributed by atoms with Crippen molar-refractivity contribution in [2.75, 3.05) is 13.1 Å². The summed E-state index contributed by atoms with van der Waals surface area (Å²) in [7, 11) is 0. The molecular formula is C25H25ClN6O2S. The van der Waals surface area contributed by atoms with Crippen molar-refractivity contribution >= 4 is 57.3 Å². The van der Waals surface area contributed by atoms with E-state index in [1.807, 2.05) is 49.9 Å². The van der Waals surface area contributed by atoms with Crippen LogP contribution in [0.5, 0.6) is 0 Å². The first kappa shape index (κ1) is 23.6. The Bertz CT molecular complexity index is 1370. The molecule has 1 aromatic heterocycles. The van der Waals surface area contributed by atoms with Crippen molar-refractivity contribution in [1.82, 2.24) is 14.5 Å². The fourth-order valence-electron chi connectivity index (χ4n) is 4.59. The maximum atomic E-state index is 12.9. The van der Waals surface area contributed by atoms with Gasteiger partial charge in [-0.1, -0.05) is 17.7 Å². The summed E-state index contributed by atoms with van der Waals surface area (Å²) in [5.41, 5.74) is 4.92. The smallest absolute Gasteiger partial charge is 0.283 e. The number of halogens is 1. The molecule has 0 radical (unpaired) electrons. The minimum absolute atomic E-state index is 0.0200. The summed E-state index contributed by atoms with van der Waals surface area (Å²) in [6.07, 6.45) is 3.89. The number of benzene rings is 1. The molecule has 3 aliphatic heterocycles. The van der Waals surface area contributed by atoms with Gasteiger partial charge in [0.15, 0.2) is 5.84 Å². The molecule has 0 atom stereocenters. The third-order valence-electron chi connectivity index (χ3n) is 6.44. The fraction of sp³-hybridized carbons (Fsp3) is 0.320. The molecule has 3 aliphatic rings. The van der Waals surface area contributed by atoms with Crippen molar-refractivity contribution in [3.8, 4) is 5.69 Å². The molecule has 35 heavy (non-hydrogen) atoms. The number of nitrogens with zero attached hydrogens (tertiary/aromatic N) is 5. The number of fused-ring (bicyclic) bond motifs is 1. The first-order valence-corrected chi connectivity index (χ1v) is 12.6. The number of carbonyl (C=O) groups excluding carboxylic acids is 2. The molecule has 2 aromatic rings. The Morgan fingerprint density at radius 2 is 1.94 bits per heavy atom. The number of rotatable bonds is 4. The van der Waals surface area contributed by atoms with Crippen molar-refractivity contribution in [3.63, 3.8) is 0 Å². The molecular weight excluding hydrogens is 484 g/mol. The molecule has 0 aliphatic carbocycles. The fourth-order valence-corrected chi connectivity index (χ4v) is 5.64. The van der Waals surface area contributed by atoms with Gasteiger partial charge in [0.2, 0.25) is 11.1 Å². The molecule has 1 saturated heterocycles. The van der Waals surface area contributed by atoms with Crippen LogP contribution in [0.1, 0.15) is 41.8 Å². The summed E-state index contributed by atoms with van der Waals surface area (Å²) in [6, 6.07) is 7.72. The first-order valence-electron chi connectivity index (χ1n) is 11.5. The summed E-state index contributed by atoms with van der Waals surface area (Å²) in [4.78, 5) is 31.4. The second-order valence-electron chi connectivity index (χ2n) is 8.87. The van der Waals surface area contributed by atoms with Crippen LogP contribution in [-0.2, 0) is 9.59 Å². The number of aromatic nitrogens is 1. The number of hydrogen-bond donors (Lipinski definition) is 1. The van der Waals surface area contributed by atoms with E-state index in [1.54, 1.807) is 6.08 Å². The van der Waals surface area contributed by atoms with Gasteiger partial charge < -0.3 is 9.47 Å². The largest absolute Gasteiger partial charge is 0.342 e. The van der Waals surface area contributed by atoms with Crippen molar-refractivity contribution in [2.45, 2.75) is 40.0 Å². The Hall–Kier alpha value is -3.17. The van der Waals surface area contributed by atoms with Gasteiger partial charge in [-0.3, -0.25) is 15.0 Å². The summed E-state index contributed by atoms with van der Waals surface area (Å²) < 4.78 is 2.09. The number of hydrogen-bond acceptors (Lipinski definition) is 5. The van der Waals surface area contributed by atoms with E-state index in [1.165, 1.54) is 16.8 Å². The molecule has 2 amide bonds. The number of likely N-dealkylation sites (tertiary alicyclic amines) is 1. The van der Waals surface area contributed by atoms with Crippen molar-refractivity contribution in [1.29, 1.82) is 5.41 Å². The normalized spacial score (nSPS) is 18.9. The molecule has 0 saturated carbocycles. The highest BCUT2D eigenvalue weighted by atomic mass is 35.5. The van der Waals surface area contributed by atoms with Gasteiger partial charge in [0.25, 0.3) is 5.91 Å². The summed E-state index contributed by atoms with van der Waals surface area (Å²) in [5.74, 6) is -0.508. The van der Waals surface area contributed by atoms with Crippen LogP contribution >= 0.6 is 23.4 Å². The van der Waals surface area contributed by atoms with Crippen LogP contribution in [0.3, 0.4) is 0 Å². The Morgan fingerprint density at radius 3 is 2.69 bits per heavy atom. The van der Waals surface area contributed by atoms with Crippen LogP contribution in [0.25, 0.3) is 11.8 Å². The predicted octanol–water partition coefficient (Wildman–Crippen LogP) is 4.69. The van der Waals surface area contributed by atoms with E-state index in [4.69, 9.17) is 17.0 Å². The molecule has 1 aromatic carbocycles. The third kappa shape index (κ3) is 4.34. The zero-order valence-corrected chi connectivity index (χ0v) is 21.3. The molecule has 1 fully saturated rings. The average Bonchev–Trinajstić information content (AvgIpc) is 3.53. The molecule has 0 bridgehead atoms. The van der Waals surface area contributed by atoms with Gasteiger partial charge in [0.05, 0.1) is 12.0 Å². The van der Waals surface area contributed by atoms with Gasteiger partial charge in [-0.2, -0.15) is 15.1 Å². The minimum atomic E-state index is -0.486. The summed E-state index contributed by atoms with van der Waals surface area (Å²) >= 11 is 7.43. The van der Waals surface area contributed by atoms with Crippen LogP contribution in [-0.4, -0.2) is 55.4 Å². The number of aryl methyl sites for hydroxylation is 2. The van der Waals surface area contributed by atoms with Gasteiger partial charge in [-0.05, 0) is 80.8 Å². The highest BCUT2D eigenvalue weighted by Gasteiger charge is 2.36. The molecule has 180 valence electrons. The Balaban J connectivity index is 1.43. The summed E-state index contributed by atoms with van der Waals surface area (Å²) in [6.45, 7) is 7.53. The zero-order valence-electron chi connectivity index (χ0n) is 19.8. The van der Waals surface area contributed by atoms with E-state index in [0.717, 1.165) is 54.1 Å². The predicted molar refractivity (Wildman–Crippen MR) is 140 cm³/mol. The monoisotopic (exact) mass is 508 g/mol. The van der Waals surface area contributed by atoms with Gasteiger partial charge in [-0.15, -0.1) is 0 Å². The number of amidine groups is 2. The van der Waals surface area contributed by atoms with Gasteiger partial charge in [0.1, 0.15) is 5.04 Å². The molecule has 5 rings (SSSR count). The molecule has 0 spiro atoms. The number of amides is 2. The lowest BCUT2D eigenvalue weighted by Crippen LogP contribution is -2.35. The minimum Gasteiger partial charge on any atom is -0.342 e. The highest BCUT2D eigenvalue weighted by molar-refractivity contribution is 8.27. The zero-order chi connectivity index (χ0) is 24.9. The van der Waals surface area contributed by atoms with Gasteiger partial charge in [0, 0.05) is 35.2 Å². The standard InChI is InChI=1S/C25H25ClN6O2S/c1-14-6-7-18(26)12-20(14)31-15(2)10-17(16(31)3)11-19-23(27)32-25(28-24(19)34)35-21(29-32)13-22(33)30-8-4-5-9-30/h6-7,10-12,27H,4-5,8-9,13H2,1-3H3/b19-11+,27-23?. The highest BCUT2D eigenvalue weighted by Crippen LogP contribution is 2.32.